The van der Waals surface area contributed by atoms with Gasteiger partial charge in [-0.05, 0) is 61.6 Å². The summed E-state index contributed by atoms with van der Waals surface area (Å²) >= 11 is 3.53. The topological polar surface area (TPSA) is 57.2 Å². The Hall–Kier alpha value is -2.87. The molecule has 0 N–H and O–H groups in total. The van der Waals surface area contributed by atoms with Gasteiger partial charge in [0.15, 0.2) is 0 Å². The van der Waals surface area contributed by atoms with E-state index in [1.807, 2.05) is 51.1 Å². The highest BCUT2D eigenvalue weighted by atomic mass is 79.9. The van der Waals surface area contributed by atoms with Gasteiger partial charge in [-0.25, -0.2) is 4.79 Å². The molecule has 1 saturated heterocycles. The highest BCUT2D eigenvalue weighted by molar-refractivity contribution is 9.08. The molecule has 0 aromatic heterocycles. The number of carbonyl (C=O) groups is 1. The van der Waals surface area contributed by atoms with Crippen molar-refractivity contribution in [2.45, 2.75) is 69.8 Å². The minimum Gasteiger partial charge on any atom is -0.494 e. The average molecular weight is 625 g/mol. The Bertz CT molecular complexity index is 1210. The van der Waals surface area contributed by atoms with Gasteiger partial charge < -0.3 is 23.8 Å². The third-order valence-corrected chi connectivity index (χ3v) is 7.59. The molecule has 7 heteroatoms. The number of hydrogen-bond donors (Lipinski definition) is 0. The Kier molecular flexibility index (Phi) is 11.7. The van der Waals surface area contributed by atoms with Crippen LogP contribution in [0.15, 0.2) is 78.9 Å². The monoisotopic (exact) mass is 623 g/mol. The number of likely N-dealkylation sites (tertiary alicyclic amines) is 1. The van der Waals surface area contributed by atoms with Gasteiger partial charge in [0.25, 0.3) is 0 Å². The second-order valence-electron chi connectivity index (χ2n) is 11.4. The zero-order chi connectivity index (χ0) is 29.1. The standard InChI is InChI=1S/C34H42BrNO5/c1-34(2,3)41-33(37)36-18-17-31(32(23-36)40-25-28-12-7-11-27(21-28)22-35)29-13-15-30(16-14-29)39-20-8-19-38-24-26-9-5-4-6-10-26/h4-7,9-16,21,31-32H,8,17-20,22-25H2,1-3H3. The van der Waals surface area contributed by atoms with E-state index in [0.717, 1.165) is 29.5 Å². The quantitative estimate of drug-likeness (QED) is 0.152. The smallest absolute Gasteiger partial charge is 0.410 e. The second kappa shape index (κ2) is 15.4. The fraction of sp³-hybridized carbons (Fsp3) is 0.441. The molecule has 4 rings (SSSR count). The van der Waals surface area contributed by atoms with Crippen LogP contribution >= 0.6 is 15.9 Å². The van der Waals surface area contributed by atoms with Crippen molar-refractivity contribution in [2.75, 3.05) is 26.3 Å². The molecule has 2 unspecified atom stereocenters. The molecule has 1 aliphatic heterocycles. The number of alkyl halides is 1. The minimum absolute atomic E-state index is 0.155. The predicted molar refractivity (Wildman–Crippen MR) is 165 cm³/mol. The van der Waals surface area contributed by atoms with Crippen molar-refractivity contribution in [3.05, 3.63) is 101 Å². The van der Waals surface area contributed by atoms with Crippen molar-refractivity contribution >= 4 is 22.0 Å². The first-order valence-electron chi connectivity index (χ1n) is 14.4. The normalized spacial score (nSPS) is 17.3. The van der Waals surface area contributed by atoms with Gasteiger partial charge in [0.1, 0.15) is 11.4 Å². The second-order valence-corrected chi connectivity index (χ2v) is 12.0. The van der Waals surface area contributed by atoms with Crippen LogP contribution in [0.5, 0.6) is 5.75 Å². The van der Waals surface area contributed by atoms with Crippen LogP contribution in [0.1, 0.15) is 61.8 Å². The van der Waals surface area contributed by atoms with Gasteiger partial charge >= 0.3 is 6.09 Å². The maximum atomic E-state index is 12.9. The number of carbonyl (C=O) groups excluding carboxylic acids is 1. The first-order valence-corrected chi connectivity index (χ1v) is 15.5. The van der Waals surface area contributed by atoms with Crippen LogP contribution in [0.25, 0.3) is 0 Å². The molecule has 1 amide bonds. The summed E-state index contributed by atoms with van der Waals surface area (Å²) in [5.41, 5.74) is 4.15. The van der Waals surface area contributed by atoms with E-state index in [1.165, 1.54) is 16.7 Å². The van der Waals surface area contributed by atoms with Gasteiger partial charge in [0, 0.05) is 24.2 Å². The van der Waals surface area contributed by atoms with E-state index in [0.29, 0.717) is 39.5 Å². The van der Waals surface area contributed by atoms with Crippen molar-refractivity contribution in [3.8, 4) is 5.75 Å². The summed E-state index contributed by atoms with van der Waals surface area (Å²) in [6.45, 7) is 9.14. The largest absolute Gasteiger partial charge is 0.494 e. The van der Waals surface area contributed by atoms with Gasteiger partial charge in [0.2, 0.25) is 0 Å². The Morgan fingerprint density at radius 1 is 0.902 bits per heavy atom. The summed E-state index contributed by atoms with van der Waals surface area (Å²) in [4.78, 5) is 14.6. The molecule has 0 bridgehead atoms. The Balaban J connectivity index is 1.33. The molecule has 0 aliphatic carbocycles. The van der Waals surface area contributed by atoms with Gasteiger partial charge in [-0.2, -0.15) is 0 Å². The maximum absolute atomic E-state index is 12.9. The Morgan fingerprint density at radius 3 is 2.37 bits per heavy atom. The van der Waals surface area contributed by atoms with Crippen molar-refractivity contribution in [1.29, 1.82) is 0 Å². The summed E-state index contributed by atoms with van der Waals surface area (Å²) in [5.74, 6) is 1.00. The van der Waals surface area contributed by atoms with Crippen molar-refractivity contribution in [1.82, 2.24) is 4.90 Å². The van der Waals surface area contributed by atoms with Crippen LogP contribution in [0.2, 0.25) is 0 Å². The van der Waals surface area contributed by atoms with Crippen LogP contribution < -0.4 is 4.74 Å². The third-order valence-electron chi connectivity index (χ3n) is 6.94. The molecule has 0 radical (unpaired) electrons. The van der Waals surface area contributed by atoms with E-state index in [1.54, 1.807) is 4.90 Å². The predicted octanol–water partition coefficient (Wildman–Crippen LogP) is 7.88. The first-order chi connectivity index (χ1) is 19.8. The van der Waals surface area contributed by atoms with Crippen molar-refractivity contribution < 1.29 is 23.7 Å². The molecular formula is C34H42BrNO5. The number of halogens is 1. The van der Waals surface area contributed by atoms with Gasteiger partial charge in [-0.15, -0.1) is 0 Å². The molecular weight excluding hydrogens is 582 g/mol. The number of rotatable bonds is 12. The molecule has 1 heterocycles. The zero-order valence-corrected chi connectivity index (χ0v) is 26.0. The molecule has 0 spiro atoms. The molecule has 1 aliphatic rings. The van der Waals surface area contributed by atoms with Gasteiger partial charge in [-0.1, -0.05) is 82.7 Å². The fourth-order valence-electron chi connectivity index (χ4n) is 4.89. The van der Waals surface area contributed by atoms with E-state index in [9.17, 15) is 4.79 Å². The maximum Gasteiger partial charge on any atom is 0.410 e. The average Bonchev–Trinajstić information content (AvgIpc) is 2.98. The minimum atomic E-state index is -0.537. The lowest BCUT2D eigenvalue weighted by Gasteiger charge is -2.39. The van der Waals surface area contributed by atoms with Crippen LogP contribution in [0.4, 0.5) is 4.79 Å². The van der Waals surface area contributed by atoms with Crippen LogP contribution in [-0.2, 0) is 32.8 Å². The number of benzene rings is 3. The van der Waals surface area contributed by atoms with Crippen LogP contribution in [0.3, 0.4) is 0 Å². The molecule has 0 saturated carbocycles. The van der Waals surface area contributed by atoms with Crippen LogP contribution in [0, 0.1) is 0 Å². The summed E-state index contributed by atoms with van der Waals surface area (Å²) in [6, 6.07) is 26.8. The molecule has 3 aromatic carbocycles. The molecule has 41 heavy (non-hydrogen) atoms. The van der Waals surface area contributed by atoms with E-state index < -0.39 is 5.60 Å². The molecule has 1 fully saturated rings. The Labute approximate surface area is 253 Å². The van der Waals surface area contributed by atoms with E-state index in [2.05, 4.69) is 64.5 Å². The summed E-state index contributed by atoms with van der Waals surface area (Å²) in [7, 11) is 0. The molecule has 220 valence electrons. The number of hydrogen-bond acceptors (Lipinski definition) is 5. The lowest BCUT2D eigenvalue weighted by Crippen LogP contribution is -2.48. The molecule has 2 atom stereocenters. The van der Waals surface area contributed by atoms with E-state index >= 15 is 0 Å². The van der Waals surface area contributed by atoms with Crippen LogP contribution in [-0.4, -0.2) is 49.0 Å². The van der Waals surface area contributed by atoms with Gasteiger partial charge in [-0.3, -0.25) is 0 Å². The zero-order valence-electron chi connectivity index (χ0n) is 24.4. The summed E-state index contributed by atoms with van der Waals surface area (Å²) in [5, 5.41) is 0.800. The SMILES string of the molecule is CC(C)(C)OC(=O)N1CCC(c2ccc(OCCCOCc3ccccc3)cc2)C(OCc2cccc(CBr)c2)C1. The fourth-order valence-corrected chi connectivity index (χ4v) is 5.24. The molecule has 3 aromatic rings. The van der Waals surface area contributed by atoms with Gasteiger partial charge in [0.05, 0.1) is 39.1 Å². The summed E-state index contributed by atoms with van der Waals surface area (Å²) < 4.78 is 23.9. The Morgan fingerprint density at radius 2 is 1.63 bits per heavy atom. The van der Waals surface area contributed by atoms with E-state index in [4.69, 9.17) is 18.9 Å². The van der Waals surface area contributed by atoms with E-state index in [-0.39, 0.29) is 18.1 Å². The summed E-state index contributed by atoms with van der Waals surface area (Å²) in [6.07, 6.45) is 1.17. The highest BCUT2D eigenvalue weighted by Crippen LogP contribution is 2.33. The number of nitrogens with zero attached hydrogens (tertiary/aromatic N) is 1. The first kappa shape index (κ1) is 31.1. The van der Waals surface area contributed by atoms with Crippen molar-refractivity contribution in [3.63, 3.8) is 0 Å². The van der Waals surface area contributed by atoms with Crippen molar-refractivity contribution in [2.24, 2.45) is 0 Å². The number of ether oxygens (including phenoxy) is 4. The number of amides is 1. The number of piperidine rings is 1. The third kappa shape index (κ3) is 10.2. The lowest BCUT2D eigenvalue weighted by atomic mass is 9.87. The lowest BCUT2D eigenvalue weighted by molar-refractivity contribution is -0.0359. The highest BCUT2D eigenvalue weighted by Gasteiger charge is 2.35. The molecule has 6 nitrogen and oxygen atoms in total.